The molecule has 1 aliphatic heterocycles. The van der Waals surface area contributed by atoms with Crippen molar-refractivity contribution in [3.05, 3.63) is 41.7 Å². The Kier molecular flexibility index (Phi) is 5.89. The molecule has 3 aromatic rings. The summed E-state index contributed by atoms with van der Waals surface area (Å²) in [4.78, 5) is 13.8. The molecule has 0 amide bonds. The first kappa shape index (κ1) is 19.2. The highest BCUT2D eigenvalue weighted by molar-refractivity contribution is 5.80. The summed E-state index contributed by atoms with van der Waals surface area (Å²) in [5, 5.41) is 14.6. The van der Waals surface area contributed by atoms with E-state index in [-0.39, 0.29) is 0 Å². The van der Waals surface area contributed by atoms with Crippen molar-refractivity contribution in [3.63, 3.8) is 0 Å². The lowest BCUT2D eigenvalue weighted by molar-refractivity contribution is 0.169. The third kappa shape index (κ3) is 4.83. The Bertz CT molecular complexity index is 922. The van der Waals surface area contributed by atoms with Crippen molar-refractivity contribution < 1.29 is 8.94 Å². The number of furan rings is 1. The van der Waals surface area contributed by atoms with E-state index in [2.05, 4.69) is 42.4 Å². The minimum atomic E-state index is 0.425. The second kappa shape index (κ2) is 8.91. The van der Waals surface area contributed by atoms with Gasteiger partial charge in [0.1, 0.15) is 18.1 Å². The van der Waals surface area contributed by atoms with Crippen LogP contribution >= 0.6 is 0 Å². The number of nitrogens with one attached hydrogen (secondary N) is 2. The van der Waals surface area contributed by atoms with Crippen LogP contribution in [-0.2, 0) is 13.1 Å². The quantitative estimate of drug-likeness (QED) is 0.476. The van der Waals surface area contributed by atoms with E-state index in [1.54, 1.807) is 6.26 Å². The summed E-state index contributed by atoms with van der Waals surface area (Å²) in [5.41, 5.74) is 0.981. The second-order valence-electron chi connectivity index (χ2n) is 6.95. The molecular formula is C19H26N8O2. The molecule has 29 heavy (non-hydrogen) atoms. The number of guanidine groups is 1. The fourth-order valence-corrected chi connectivity index (χ4v) is 3.30. The Morgan fingerprint density at radius 3 is 2.86 bits per heavy atom. The molecule has 0 aliphatic carbocycles. The minimum absolute atomic E-state index is 0.425. The first-order valence-electron chi connectivity index (χ1n) is 9.84. The average molecular weight is 398 g/mol. The molecule has 154 valence electrons. The Morgan fingerprint density at radius 2 is 2.17 bits per heavy atom. The van der Waals surface area contributed by atoms with Gasteiger partial charge in [-0.1, -0.05) is 5.16 Å². The standard InChI is InChI=1S/C19H26N8O2/c1-3-20-19(21-12-17-22-18(24-23-17)16-5-4-10-28-16)27-8-6-26(7-9-27)13-15-11-14(2)29-25-15/h4-5,10-11H,3,6-9,12-13H2,1-2H3,(H,20,21)(H,22,23,24). The zero-order valence-corrected chi connectivity index (χ0v) is 16.8. The van der Waals surface area contributed by atoms with E-state index >= 15 is 0 Å². The van der Waals surface area contributed by atoms with Crippen LogP contribution in [0, 0.1) is 6.92 Å². The number of rotatable bonds is 6. The molecule has 2 N–H and O–H groups in total. The Morgan fingerprint density at radius 1 is 1.31 bits per heavy atom. The summed E-state index contributed by atoms with van der Waals surface area (Å²) >= 11 is 0. The molecule has 0 unspecified atom stereocenters. The topological polar surface area (TPSA) is 112 Å². The number of H-pyrrole nitrogens is 1. The zero-order chi connectivity index (χ0) is 20.1. The number of hydrogen-bond donors (Lipinski definition) is 2. The fourth-order valence-electron chi connectivity index (χ4n) is 3.30. The van der Waals surface area contributed by atoms with E-state index in [1.807, 2.05) is 25.1 Å². The van der Waals surface area contributed by atoms with Gasteiger partial charge in [-0.3, -0.25) is 10.00 Å². The van der Waals surface area contributed by atoms with Crippen LogP contribution in [0.2, 0.25) is 0 Å². The molecule has 0 saturated carbocycles. The van der Waals surface area contributed by atoms with Crippen LogP contribution in [-0.4, -0.2) is 68.8 Å². The summed E-state index contributed by atoms with van der Waals surface area (Å²) in [7, 11) is 0. The third-order valence-electron chi connectivity index (χ3n) is 4.72. The normalized spacial score (nSPS) is 15.8. The van der Waals surface area contributed by atoms with E-state index < -0.39 is 0 Å². The van der Waals surface area contributed by atoms with Crippen molar-refractivity contribution in [2.75, 3.05) is 32.7 Å². The largest absolute Gasteiger partial charge is 0.461 e. The molecular weight excluding hydrogens is 372 g/mol. The number of hydrogen-bond acceptors (Lipinski definition) is 7. The molecule has 0 spiro atoms. The lowest BCUT2D eigenvalue weighted by atomic mass is 10.3. The first-order valence-corrected chi connectivity index (χ1v) is 9.84. The highest BCUT2D eigenvalue weighted by Crippen LogP contribution is 2.15. The lowest BCUT2D eigenvalue weighted by Crippen LogP contribution is -2.52. The average Bonchev–Trinajstić information content (AvgIpc) is 3.48. The van der Waals surface area contributed by atoms with Gasteiger partial charge in [0.25, 0.3) is 0 Å². The maximum Gasteiger partial charge on any atom is 0.216 e. The molecule has 0 atom stereocenters. The van der Waals surface area contributed by atoms with Crippen LogP contribution in [0.15, 0.2) is 38.4 Å². The van der Waals surface area contributed by atoms with Crippen LogP contribution < -0.4 is 5.32 Å². The van der Waals surface area contributed by atoms with Gasteiger partial charge in [0.2, 0.25) is 5.82 Å². The van der Waals surface area contributed by atoms with Crippen molar-refractivity contribution in [3.8, 4) is 11.6 Å². The number of aryl methyl sites for hydroxylation is 1. The molecule has 4 rings (SSSR count). The van der Waals surface area contributed by atoms with E-state index in [4.69, 9.17) is 13.9 Å². The molecule has 4 heterocycles. The minimum Gasteiger partial charge on any atom is -0.461 e. The summed E-state index contributed by atoms with van der Waals surface area (Å²) in [5.74, 6) is 3.62. The van der Waals surface area contributed by atoms with Gasteiger partial charge in [-0.2, -0.15) is 0 Å². The van der Waals surface area contributed by atoms with Crippen molar-refractivity contribution in [2.45, 2.75) is 26.9 Å². The monoisotopic (exact) mass is 398 g/mol. The van der Waals surface area contributed by atoms with Crippen molar-refractivity contribution in [1.29, 1.82) is 0 Å². The van der Waals surface area contributed by atoms with E-state index in [0.717, 1.165) is 56.7 Å². The van der Waals surface area contributed by atoms with Crippen LogP contribution in [0.4, 0.5) is 0 Å². The van der Waals surface area contributed by atoms with Crippen molar-refractivity contribution in [2.24, 2.45) is 4.99 Å². The summed E-state index contributed by atoms with van der Waals surface area (Å²) in [6.07, 6.45) is 1.61. The van der Waals surface area contributed by atoms with Gasteiger partial charge in [-0.05, 0) is 26.0 Å². The number of aromatic amines is 1. The molecule has 1 saturated heterocycles. The molecule has 0 aromatic carbocycles. The highest BCUT2D eigenvalue weighted by atomic mass is 16.5. The van der Waals surface area contributed by atoms with Gasteiger partial charge in [0.05, 0.1) is 12.0 Å². The first-order chi connectivity index (χ1) is 14.2. The molecule has 1 aliphatic rings. The van der Waals surface area contributed by atoms with Crippen LogP contribution in [0.3, 0.4) is 0 Å². The van der Waals surface area contributed by atoms with Crippen molar-refractivity contribution in [1.82, 2.24) is 35.5 Å². The van der Waals surface area contributed by atoms with Crippen LogP contribution in [0.25, 0.3) is 11.6 Å². The smallest absolute Gasteiger partial charge is 0.216 e. The maximum atomic E-state index is 5.33. The fraction of sp³-hybridized carbons (Fsp3) is 0.474. The van der Waals surface area contributed by atoms with E-state index in [1.165, 1.54) is 0 Å². The van der Waals surface area contributed by atoms with Gasteiger partial charge >= 0.3 is 0 Å². The van der Waals surface area contributed by atoms with E-state index in [0.29, 0.717) is 24.0 Å². The Labute approximate surface area is 169 Å². The maximum absolute atomic E-state index is 5.33. The molecule has 0 bridgehead atoms. The lowest BCUT2D eigenvalue weighted by Gasteiger charge is -2.36. The Balaban J connectivity index is 1.34. The molecule has 10 nitrogen and oxygen atoms in total. The Hall–Kier alpha value is -3.14. The van der Waals surface area contributed by atoms with Crippen LogP contribution in [0.5, 0.6) is 0 Å². The SMILES string of the molecule is CCNC(=NCc1nc(-c2ccco2)n[nH]1)N1CCN(Cc2cc(C)on2)CC1. The van der Waals surface area contributed by atoms with Gasteiger partial charge in [-0.25, -0.2) is 9.98 Å². The zero-order valence-electron chi connectivity index (χ0n) is 16.8. The number of aliphatic imine (C=N–C) groups is 1. The number of nitrogens with zero attached hydrogens (tertiary/aromatic N) is 6. The molecule has 0 radical (unpaired) electrons. The van der Waals surface area contributed by atoms with E-state index in [9.17, 15) is 0 Å². The molecule has 1 fully saturated rings. The summed E-state index contributed by atoms with van der Waals surface area (Å²) in [6.45, 7) is 9.73. The van der Waals surface area contributed by atoms with Gasteiger partial charge < -0.3 is 19.2 Å². The summed E-state index contributed by atoms with van der Waals surface area (Å²) < 4.78 is 10.5. The van der Waals surface area contributed by atoms with Gasteiger partial charge in [-0.15, -0.1) is 5.10 Å². The highest BCUT2D eigenvalue weighted by Gasteiger charge is 2.20. The predicted molar refractivity (Wildman–Crippen MR) is 107 cm³/mol. The summed E-state index contributed by atoms with van der Waals surface area (Å²) in [6, 6.07) is 5.64. The van der Waals surface area contributed by atoms with Crippen LogP contribution in [0.1, 0.15) is 24.2 Å². The molecule has 3 aromatic heterocycles. The van der Waals surface area contributed by atoms with Gasteiger partial charge in [0, 0.05) is 45.3 Å². The van der Waals surface area contributed by atoms with Gasteiger partial charge in [0.15, 0.2) is 11.7 Å². The third-order valence-corrected chi connectivity index (χ3v) is 4.72. The number of piperazine rings is 1. The molecule has 10 heteroatoms. The second-order valence-corrected chi connectivity index (χ2v) is 6.95. The number of aromatic nitrogens is 4. The van der Waals surface area contributed by atoms with Crippen molar-refractivity contribution >= 4 is 5.96 Å². The predicted octanol–water partition coefficient (Wildman–Crippen LogP) is 1.64.